The molecule has 0 spiro atoms. The van der Waals surface area contributed by atoms with E-state index in [1.807, 2.05) is 12.1 Å². The van der Waals surface area contributed by atoms with E-state index in [2.05, 4.69) is 10.1 Å². The van der Waals surface area contributed by atoms with Crippen molar-refractivity contribution in [2.24, 2.45) is 0 Å². The number of esters is 1. The van der Waals surface area contributed by atoms with Crippen LogP contribution in [0.2, 0.25) is 0 Å². The van der Waals surface area contributed by atoms with Crippen LogP contribution in [0.4, 0.5) is 0 Å². The summed E-state index contributed by atoms with van der Waals surface area (Å²) in [5, 5.41) is 2.86. The fourth-order valence-electron chi connectivity index (χ4n) is 2.45. The van der Waals surface area contributed by atoms with Crippen LogP contribution in [0, 0.1) is 0 Å². The Morgan fingerprint density at radius 3 is 2.67 bits per heavy atom. The zero-order valence-electron chi connectivity index (χ0n) is 13.2. The number of amides is 1. The van der Waals surface area contributed by atoms with Gasteiger partial charge in [0.1, 0.15) is 0 Å². The van der Waals surface area contributed by atoms with E-state index in [0.717, 1.165) is 5.56 Å². The van der Waals surface area contributed by atoms with Crippen molar-refractivity contribution in [3.05, 3.63) is 59.2 Å². The largest absolute Gasteiger partial charge is 0.465 e. The Morgan fingerprint density at radius 1 is 1.12 bits per heavy atom. The first kappa shape index (κ1) is 15.9. The van der Waals surface area contributed by atoms with Crippen LogP contribution in [0.3, 0.4) is 0 Å². The van der Waals surface area contributed by atoms with Gasteiger partial charge in [0.2, 0.25) is 6.79 Å². The van der Waals surface area contributed by atoms with Crippen molar-refractivity contribution in [2.45, 2.75) is 6.42 Å². The Labute approximate surface area is 139 Å². The fraction of sp³-hybridized carbons (Fsp3) is 0.222. The van der Waals surface area contributed by atoms with E-state index < -0.39 is 0 Å². The van der Waals surface area contributed by atoms with E-state index in [4.69, 9.17) is 9.47 Å². The summed E-state index contributed by atoms with van der Waals surface area (Å²) in [6.07, 6.45) is 0.652. The van der Waals surface area contributed by atoms with Crippen LogP contribution in [-0.4, -0.2) is 32.3 Å². The number of rotatable bonds is 5. The molecular formula is C18H17NO5. The first-order valence-electron chi connectivity index (χ1n) is 7.53. The minimum Gasteiger partial charge on any atom is -0.465 e. The molecule has 6 heteroatoms. The van der Waals surface area contributed by atoms with Crippen molar-refractivity contribution in [1.82, 2.24) is 5.32 Å². The molecule has 0 radical (unpaired) electrons. The third-order valence-corrected chi connectivity index (χ3v) is 3.72. The Kier molecular flexibility index (Phi) is 4.65. The third kappa shape index (κ3) is 3.32. The van der Waals surface area contributed by atoms with Crippen LogP contribution < -0.4 is 14.8 Å². The lowest BCUT2D eigenvalue weighted by molar-refractivity contribution is 0.0600. The number of fused-ring (bicyclic) bond motifs is 1. The van der Waals surface area contributed by atoms with E-state index in [0.29, 0.717) is 35.6 Å². The number of ether oxygens (including phenoxy) is 3. The van der Waals surface area contributed by atoms with Gasteiger partial charge in [-0.1, -0.05) is 18.2 Å². The van der Waals surface area contributed by atoms with Gasteiger partial charge in [0, 0.05) is 6.54 Å². The average Bonchev–Trinajstić information content (AvgIpc) is 3.10. The molecule has 0 aromatic heterocycles. The quantitative estimate of drug-likeness (QED) is 0.852. The van der Waals surface area contributed by atoms with Gasteiger partial charge in [0.15, 0.2) is 11.5 Å². The molecule has 24 heavy (non-hydrogen) atoms. The molecule has 3 rings (SSSR count). The van der Waals surface area contributed by atoms with Crippen molar-refractivity contribution in [3.8, 4) is 11.5 Å². The van der Waals surface area contributed by atoms with Gasteiger partial charge < -0.3 is 19.5 Å². The average molecular weight is 327 g/mol. The molecule has 0 fully saturated rings. The van der Waals surface area contributed by atoms with Crippen molar-refractivity contribution < 1.29 is 23.8 Å². The lowest BCUT2D eigenvalue weighted by atomic mass is 10.1. The summed E-state index contributed by atoms with van der Waals surface area (Å²) in [5.41, 5.74) is 1.98. The topological polar surface area (TPSA) is 73.9 Å². The van der Waals surface area contributed by atoms with Crippen molar-refractivity contribution in [1.29, 1.82) is 0 Å². The van der Waals surface area contributed by atoms with Crippen LogP contribution in [0.15, 0.2) is 42.5 Å². The van der Waals surface area contributed by atoms with E-state index in [9.17, 15) is 9.59 Å². The highest BCUT2D eigenvalue weighted by Gasteiger charge is 2.21. The number of para-hydroxylation sites is 1. The van der Waals surface area contributed by atoms with Crippen molar-refractivity contribution in [2.75, 3.05) is 20.4 Å². The fourth-order valence-corrected chi connectivity index (χ4v) is 2.45. The number of benzene rings is 2. The summed E-state index contributed by atoms with van der Waals surface area (Å²) in [6.45, 7) is 0.604. The molecule has 1 aliphatic heterocycles. The molecule has 6 nitrogen and oxygen atoms in total. The Balaban J connectivity index is 1.56. The molecule has 124 valence electrons. The third-order valence-electron chi connectivity index (χ3n) is 3.72. The molecule has 0 atom stereocenters. The highest BCUT2D eigenvalue weighted by atomic mass is 16.7. The SMILES string of the molecule is COC(=O)c1ccc(CCNC(=O)c2cccc3c2OCO3)cc1. The first-order valence-corrected chi connectivity index (χ1v) is 7.53. The van der Waals surface area contributed by atoms with Gasteiger partial charge in [-0.25, -0.2) is 4.79 Å². The lowest BCUT2D eigenvalue weighted by Gasteiger charge is -2.08. The molecule has 1 N–H and O–H groups in total. The minimum atomic E-state index is -0.366. The van der Waals surface area contributed by atoms with Crippen molar-refractivity contribution in [3.63, 3.8) is 0 Å². The normalized spacial score (nSPS) is 11.9. The summed E-state index contributed by atoms with van der Waals surface area (Å²) in [6, 6.07) is 12.3. The number of carbonyl (C=O) groups is 2. The van der Waals surface area contributed by atoms with Gasteiger partial charge in [-0.3, -0.25) is 4.79 Å². The highest BCUT2D eigenvalue weighted by molar-refractivity contribution is 5.98. The molecule has 0 saturated carbocycles. The molecular weight excluding hydrogens is 310 g/mol. The molecule has 2 aromatic carbocycles. The van der Waals surface area contributed by atoms with Gasteiger partial charge in [-0.2, -0.15) is 0 Å². The molecule has 2 aromatic rings. The summed E-state index contributed by atoms with van der Waals surface area (Å²) < 4.78 is 15.3. The number of methoxy groups -OCH3 is 1. The van der Waals surface area contributed by atoms with Gasteiger partial charge in [0.25, 0.3) is 5.91 Å². The number of hydrogen-bond donors (Lipinski definition) is 1. The predicted octanol–water partition coefficient (Wildman–Crippen LogP) is 2.17. The minimum absolute atomic E-state index is 0.131. The number of hydrogen-bond acceptors (Lipinski definition) is 5. The van der Waals surface area contributed by atoms with Crippen LogP contribution in [0.1, 0.15) is 26.3 Å². The van der Waals surface area contributed by atoms with E-state index >= 15 is 0 Å². The summed E-state index contributed by atoms with van der Waals surface area (Å²) >= 11 is 0. The smallest absolute Gasteiger partial charge is 0.337 e. The highest BCUT2D eigenvalue weighted by Crippen LogP contribution is 2.35. The zero-order chi connectivity index (χ0) is 16.9. The Morgan fingerprint density at radius 2 is 1.92 bits per heavy atom. The van der Waals surface area contributed by atoms with E-state index in [1.165, 1.54) is 7.11 Å². The second-order valence-electron chi connectivity index (χ2n) is 5.23. The predicted molar refractivity (Wildman–Crippen MR) is 86.4 cm³/mol. The maximum Gasteiger partial charge on any atom is 0.337 e. The summed E-state index contributed by atoms with van der Waals surface area (Å²) in [5.74, 6) is 0.497. The summed E-state index contributed by atoms with van der Waals surface area (Å²) in [4.78, 5) is 23.6. The monoisotopic (exact) mass is 327 g/mol. The molecule has 0 aliphatic carbocycles. The maximum atomic E-state index is 12.3. The molecule has 0 saturated heterocycles. The maximum absolute atomic E-state index is 12.3. The molecule has 0 bridgehead atoms. The van der Waals surface area contributed by atoms with Crippen LogP contribution in [0.5, 0.6) is 11.5 Å². The molecule has 0 unspecified atom stereocenters. The second kappa shape index (κ2) is 7.04. The standard InChI is InChI=1S/C18H17NO5/c1-22-18(21)13-7-5-12(6-8-13)9-10-19-17(20)14-3-2-4-15-16(14)24-11-23-15/h2-8H,9-11H2,1H3,(H,19,20). The Bertz CT molecular complexity index is 755. The molecule has 1 aliphatic rings. The van der Waals surface area contributed by atoms with E-state index in [1.54, 1.807) is 30.3 Å². The van der Waals surface area contributed by atoms with E-state index in [-0.39, 0.29) is 18.7 Å². The van der Waals surface area contributed by atoms with Crippen molar-refractivity contribution >= 4 is 11.9 Å². The molecule has 1 heterocycles. The molecule has 1 amide bonds. The van der Waals surface area contributed by atoms with Crippen LogP contribution in [-0.2, 0) is 11.2 Å². The number of nitrogens with one attached hydrogen (secondary N) is 1. The van der Waals surface area contributed by atoms with Gasteiger partial charge in [0.05, 0.1) is 18.2 Å². The van der Waals surface area contributed by atoms with Crippen LogP contribution >= 0.6 is 0 Å². The van der Waals surface area contributed by atoms with Gasteiger partial charge in [-0.05, 0) is 36.2 Å². The Hall–Kier alpha value is -3.02. The first-order chi connectivity index (χ1) is 11.7. The number of carbonyl (C=O) groups excluding carboxylic acids is 2. The van der Waals surface area contributed by atoms with Gasteiger partial charge >= 0.3 is 5.97 Å². The zero-order valence-corrected chi connectivity index (χ0v) is 13.2. The lowest BCUT2D eigenvalue weighted by Crippen LogP contribution is -2.26. The van der Waals surface area contributed by atoms with Gasteiger partial charge in [-0.15, -0.1) is 0 Å². The van der Waals surface area contributed by atoms with Crippen LogP contribution in [0.25, 0.3) is 0 Å². The second-order valence-corrected chi connectivity index (χ2v) is 5.23. The summed E-state index contributed by atoms with van der Waals surface area (Å²) in [7, 11) is 1.35.